The first-order valence-corrected chi connectivity index (χ1v) is 10.6. The Labute approximate surface area is 171 Å². The van der Waals surface area contributed by atoms with Gasteiger partial charge in [-0.15, -0.1) is 0 Å². The van der Waals surface area contributed by atoms with Crippen LogP contribution in [0.4, 0.5) is 13.2 Å². The van der Waals surface area contributed by atoms with Gasteiger partial charge in [0.15, 0.2) is 15.5 Å². The van der Waals surface area contributed by atoms with E-state index < -0.39 is 27.6 Å². The maximum Gasteiger partial charge on any atom is 0.435 e. The van der Waals surface area contributed by atoms with Gasteiger partial charge in [0.1, 0.15) is 0 Å². The van der Waals surface area contributed by atoms with Crippen LogP contribution in [-0.4, -0.2) is 36.4 Å². The summed E-state index contributed by atoms with van der Waals surface area (Å²) >= 11 is 0. The molecule has 158 valence electrons. The van der Waals surface area contributed by atoms with Gasteiger partial charge in [0.2, 0.25) is 0 Å². The van der Waals surface area contributed by atoms with Gasteiger partial charge in [0.05, 0.1) is 16.3 Å². The van der Waals surface area contributed by atoms with Crippen molar-refractivity contribution in [2.24, 2.45) is 0 Å². The van der Waals surface area contributed by atoms with E-state index in [0.717, 1.165) is 10.7 Å². The topological polar surface area (TPSA) is 81.1 Å². The number of sulfone groups is 1. The van der Waals surface area contributed by atoms with Crippen LogP contribution in [0.1, 0.15) is 22.5 Å². The number of hydrogen-bond donors (Lipinski definition) is 1. The maximum atomic E-state index is 12.6. The van der Waals surface area contributed by atoms with Gasteiger partial charge in [-0.05, 0) is 48.9 Å². The molecule has 1 N–H and O–H groups in total. The van der Waals surface area contributed by atoms with E-state index in [1.807, 2.05) is 0 Å². The van der Waals surface area contributed by atoms with Crippen molar-refractivity contribution < 1.29 is 26.4 Å². The lowest BCUT2D eigenvalue weighted by Crippen LogP contribution is -2.26. The normalized spacial score (nSPS) is 12.0. The molecule has 0 saturated carbocycles. The van der Waals surface area contributed by atoms with Crippen molar-refractivity contribution in [3.8, 4) is 5.69 Å². The van der Waals surface area contributed by atoms with Crippen LogP contribution < -0.4 is 5.32 Å². The monoisotopic (exact) mass is 437 g/mol. The van der Waals surface area contributed by atoms with Crippen LogP contribution in [0.2, 0.25) is 0 Å². The van der Waals surface area contributed by atoms with Gasteiger partial charge in [-0.1, -0.05) is 18.2 Å². The molecule has 30 heavy (non-hydrogen) atoms. The van der Waals surface area contributed by atoms with Crippen molar-refractivity contribution in [2.45, 2.75) is 17.5 Å². The Bertz CT molecular complexity index is 1110. The minimum absolute atomic E-state index is 0.100. The van der Waals surface area contributed by atoms with Gasteiger partial charge in [0.25, 0.3) is 5.91 Å². The van der Waals surface area contributed by atoms with Gasteiger partial charge in [-0.2, -0.15) is 18.3 Å². The molecule has 0 fully saturated rings. The first kappa shape index (κ1) is 21.6. The molecule has 0 radical (unpaired) electrons. The van der Waals surface area contributed by atoms with Crippen LogP contribution in [0, 0.1) is 0 Å². The zero-order chi connectivity index (χ0) is 21.8. The largest absolute Gasteiger partial charge is 0.435 e. The van der Waals surface area contributed by atoms with E-state index in [0.29, 0.717) is 11.3 Å². The zero-order valence-corrected chi connectivity index (χ0v) is 16.4. The highest BCUT2D eigenvalue weighted by molar-refractivity contribution is 7.91. The molecule has 0 saturated heterocycles. The number of rotatable bonds is 7. The SMILES string of the molecule is O=C(NCCCS(=O)(=O)c1ccccc1)c1ccc(-n2ccc(C(F)(F)F)n2)cc1. The summed E-state index contributed by atoms with van der Waals surface area (Å²) in [5, 5.41) is 6.10. The van der Waals surface area contributed by atoms with Crippen LogP contribution in [0.25, 0.3) is 5.69 Å². The lowest BCUT2D eigenvalue weighted by atomic mass is 10.2. The average Bonchev–Trinajstić information content (AvgIpc) is 3.23. The fraction of sp³-hybridized carbons (Fsp3) is 0.200. The van der Waals surface area contributed by atoms with Crippen molar-refractivity contribution in [3.63, 3.8) is 0 Å². The summed E-state index contributed by atoms with van der Waals surface area (Å²) in [7, 11) is -3.41. The lowest BCUT2D eigenvalue weighted by molar-refractivity contribution is -0.141. The van der Waals surface area contributed by atoms with Gasteiger partial charge in [0, 0.05) is 18.3 Å². The first-order valence-electron chi connectivity index (χ1n) is 8.96. The number of nitrogens with zero attached hydrogens (tertiary/aromatic N) is 2. The van der Waals surface area contributed by atoms with Crippen LogP contribution in [0.15, 0.2) is 71.8 Å². The molecule has 3 aromatic rings. The number of carbonyl (C=O) groups excluding carboxylic acids is 1. The average molecular weight is 437 g/mol. The molecule has 0 aliphatic rings. The first-order chi connectivity index (χ1) is 14.2. The van der Waals surface area contributed by atoms with Gasteiger partial charge >= 0.3 is 6.18 Å². The summed E-state index contributed by atoms with van der Waals surface area (Å²) in [4.78, 5) is 12.4. The van der Waals surface area contributed by atoms with Crippen molar-refractivity contribution >= 4 is 15.7 Å². The lowest BCUT2D eigenvalue weighted by Gasteiger charge is -2.08. The molecule has 0 aliphatic heterocycles. The Morgan fingerprint density at radius 2 is 1.67 bits per heavy atom. The van der Waals surface area contributed by atoms with Gasteiger partial charge in [-0.3, -0.25) is 4.79 Å². The number of halogens is 3. The summed E-state index contributed by atoms with van der Waals surface area (Å²) in [6, 6.07) is 14.8. The third-order valence-corrected chi connectivity index (χ3v) is 6.07. The number of amides is 1. The Balaban J connectivity index is 1.53. The van der Waals surface area contributed by atoms with Gasteiger partial charge < -0.3 is 5.32 Å². The van der Waals surface area contributed by atoms with Crippen LogP contribution in [0.3, 0.4) is 0 Å². The maximum absolute atomic E-state index is 12.6. The molecular weight excluding hydrogens is 419 g/mol. The van der Waals surface area contributed by atoms with E-state index in [1.54, 1.807) is 18.2 Å². The third kappa shape index (κ3) is 5.26. The van der Waals surface area contributed by atoms with Crippen molar-refractivity contribution in [1.29, 1.82) is 0 Å². The molecule has 1 aromatic heterocycles. The van der Waals surface area contributed by atoms with E-state index in [1.165, 1.54) is 42.6 Å². The molecule has 0 bridgehead atoms. The van der Waals surface area contributed by atoms with Crippen LogP contribution in [0.5, 0.6) is 0 Å². The summed E-state index contributed by atoms with van der Waals surface area (Å²) in [6.07, 6.45) is -3.10. The molecule has 1 heterocycles. The standard InChI is InChI=1S/C20H18F3N3O3S/c21-20(22,23)18-11-13-26(25-18)16-9-7-15(8-10-16)19(27)24-12-4-14-30(28,29)17-5-2-1-3-6-17/h1-3,5-11,13H,4,12,14H2,(H,24,27). The predicted molar refractivity (Wildman–Crippen MR) is 104 cm³/mol. The zero-order valence-electron chi connectivity index (χ0n) is 15.6. The molecule has 0 atom stereocenters. The van der Waals surface area contributed by atoms with Crippen molar-refractivity contribution in [1.82, 2.24) is 15.1 Å². The Kier molecular flexibility index (Phi) is 6.25. The molecule has 0 aliphatic carbocycles. The highest BCUT2D eigenvalue weighted by atomic mass is 32.2. The minimum atomic E-state index is -4.53. The van der Waals surface area contributed by atoms with E-state index in [4.69, 9.17) is 0 Å². The molecule has 2 aromatic carbocycles. The quantitative estimate of drug-likeness (QED) is 0.574. The fourth-order valence-electron chi connectivity index (χ4n) is 2.70. The number of benzene rings is 2. The van der Waals surface area contributed by atoms with E-state index in [2.05, 4.69) is 10.4 Å². The molecule has 0 spiro atoms. The highest BCUT2D eigenvalue weighted by Gasteiger charge is 2.33. The second-order valence-corrected chi connectivity index (χ2v) is 8.54. The number of alkyl halides is 3. The fourth-order valence-corrected chi connectivity index (χ4v) is 4.03. The summed E-state index contributed by atoms with van der Waals surface area (Å²) in [5.41, 5.74) is -0.335. The third-order valence-electron chi connectivity index (χ3n) is 4.25. The van der Waals surface area contributed by atoms with Crippen LogP contribution in [-0.2, 0) is 16.0 Å². The smallest absolute Gasteiger partial charge is 0.352 e. The predicted octanol–water partition coefficient (Wildman–Crippen LogP) is 3.48. The number of hydrogen-bond acceptors (Lipinski definition) is 4. The second-order valence-electron chi connectivity index (χ2n) is 6.43. The number of carbonyl (C=O) groups is 1. The molecule has 10 heteroatoms. The summed E-state index contributed by atoms with van der Waals surface area (Å²) in [5.74, 6) is -0.507. The van der Waals surface area contributed by atoms with E-state index in [-0.39, 0.29) is 23.6 Å². The van der Waals surface area contributed by atoms with Crippen molar-refractivity contribution in [2.75, 3.05) is 12.3 Å². The number of nitrogens with one attached hydrogen (secondary N) is 1. The number of aromatic nitrogens is 2. The Morgan fingerprint density at radius 3 is 2.27 bits per heavy atom. The summed E-state index contributed by atoms with van der Waals surface area (Å²) < 4.78 is 63.4. The molecule has 1 amide bonds. The van der Waals surface area contributed by atoms with Crippen molar-refractivity contribution in [3.05, 3.63) is 78.1 Å². The highest BCUT2D eigenvalue weighted by Crippen LogP contribution is 2.27. The molecule has 6 nitrogen and oxygen atoms in total. The second kappa shape index (κ2) is 8.70. The Morgan fingerprint density at radius 1 is 1.00 bits per heavy atom. The summed E-state index contributed by atoms with van der Waals surface area (Å²) in [6.45, 7) is 0.167. The van der Waals surface area contributed by atoms with Gasteiger partial charge in [-0.25, -0.2) is 13.1 Å². The van der Waals surface area contributed by atoms with E-state index in [9.17, 15) is 26.4 Å². The van der Waals surface area contributed by atoms with E-state index >= 15 is 0 Å². The minimum Gasteiger partial charge on any atom is -0.352 e. The molecule has 0 unspecified atom stereocenters. The van der Waals surface area contributed by atoms with Crippen LogP contribution >= 0.6 is 0 Å². The Hall–Kier alpha value is -3.14. The molecule has 3 rings (SSSR count). The molecular formula is C20H18F3N3O3S.